The van der Waals surface area contributed by atoms with E-state index in [1.165, 1.54) is 0 Å². The number of aromatic amines is 1. The van der Waals surface area contributed by atoms with Crippen LogP contribution in [0.2, 0.25) is 0 Å². The van der Waals surface area contributed by atoms with Gasteiger partial charge >= 0.3 is 5.97 Å². The number of carboxylic acid groups (broad SMARTS) is 1. The van der Waals surface area contributed by atoms with E-state index >= 15 is 0 Å². The van der Waals surface area contributed by atoms with Gasteiger partial charge in [-0.05, 0) is 43.2 Å². The molecule has 6 nitrogen and oxygen atoms in total. The van der Waals surface area contributed by atoms with Gasteiger partial charge in [-0.25, -0.2) is 0 Å². The van der Waals surface area contributed by atoms with E-state index in [1.807, 2.05) is 31.2 Å². The van der Waals surface area contributed by atoms with Gasteiger partial charge in [0.2, 0.25) is 5.91 Å². The van der Waals surface area contributed by atoms with Crippen LogP contribution in [0.5, 0.6) is 5.75 Å². The van der Waals surface area contributed by atoms with Gasteiger partial charge in [0.05, 0.1) is 25.5 Å². The molecule has 0 radical (unpaired) electrons. The third-order valence-corrected chi connectivity index (χ3v) is 4.99. The summed E-state index contributed by atoms with van der Waals surface area (Å²) in [5.41, 5.74) is 2.44. The van der Waals surface area contributed by atoms with Crippen molar-refractivity contribution in [1.82, 2.24) is 10.3 Å². The summed E-state index contributed by atoms with van der Waals surface area (Å²) in [5, 5.41) is 13.3. The van der Waals surface area contributed by atoms with E-state index in [0.717, 1.165) is 22.2 Å². The second-order valence-electron chi connectivity index (χ2n) is 7.13. The van der Waals surface area contributed by atoms with Crippen molar-refractivity contribution in [3.8, 4) is 5.75 Å². The highest BCUT2D eigenvalue weighted by Gasteiger charge is 2.32. The lowest BCUT2D eigenvalue weighted by Crippen LogP contribution is -2.45. The number of carbonyl (C=O) groups is 2. The van der Waals surface area contributed by atoms with Crippen molar-refractivity contribution in [2.24, 2.45) is 0 Å². The molecule has 0 aliphatic heterocycles. The first-order chi connectivity index (χ1) is 13.3. The van der Waals surface area contributed by atoms with Crippen molar-refractivity contribution < 1.29 is 19.4 Å². The zero-order valence-electron chi connectivity index (χ0n) is 16.2. The lowest BCUT2D eigenvalue weighted by Gasteiger charge is -2.30. The number of para-hydroxylation sites is 1. The molecule has 0 spiro atoms. The van der Waals surface area contributed by atoms with E-state index in [-0.39, 0.29) is 18.7 Å². The maximum absolute atomic E-state index is 12.9. The van der Waals surface area contributed by atoms with Crippen molar-refractivity contribution in [3.05, 3.63) is 65.4 Å². The number of hydrogen-bond acceptors (Lipinski definition) is 3. The van der Waals surface area contributed by atoms with E-state index < -0.39 is 11.5 Å². The molecule has 146 valence electrons. The number of nitrogens with one attached hydrogen (secondary N) is 2. The highest BCUT2D eigenvalue weighted by atomic mass is 16.5. The lowest BCUT2D eigenvalue weighted by molar-refractivity contribution is -0.139. The Balaban J connectivity index is 1.89. The standard InChI is InChI=1S/C22H24N2O4/c1-14-18(17-9-4-5-10-19(17)23-14)12-20(25)24-22(2,13-21(26)27)15-7-6-8-16(11-15)28-3/h4-11,23H,12-13H2,1-3H3,(H,24,25)(H,26,27). The van der Waals surface area contributed by atoms with Gasteiger partial charge in [-0.1, -0.05) is 30.3 Å². The quantitative estimate of drug-likeness (QED) is 0.585. The zero-order valence-corrected chi connectivity index (χ0v) is 16.2. The third-order valence-electron chi connectivity index (χ3n) is 4.99. The van der Waals surface area contributed by atoms with Gasteiger partial charge in [0.25, 0.3) is 0 Å². The minimum absolute atomic E-state index is 0.162. The molecule has 1 aromatic heterocycles. The summed E-state index contributed by atoms with van der Waals surface area (Å²) >= 11 is 0. The summed E-state index contributed by atoms with van der Waals surface area (Å²) < 4.78 is 5.24. The Labute approximate surface area is 163 Å². The topological polar surface area (TPSA) is 91.4 Å². The number of amides is 1. The number of ether oxygens (including phenoxy) is 1. The van der Waals surface area contributed by atoms with E-state index in [0.29, 0.717) is 11.3 Å². The lowest BCUT2D eigenvalue weighted by atomic mass is 9.88. The monoisotopic (exact) mass is 380 g/mol. The van der Waals surface area contributed by atoms with Crippen LogP contribution in [0.1, 0.15) is 30.2 Å². The van der Waals surface area contributed by atoms with Gasteiger partial charge in [-0.2, -0.15) is 0 Å². The summed E-state index contributed by atoms with van der Waals surface area (Å²) in [5.74, 6) is -0.621. The number of carbonyl (C=O) groups excluding carboxylic acids is 1. The molecule has 0 saturated heterocycles. The molecule has 0 fully saturated rings. The fourth-order valence-corrected chi connectivity index (χ4v) is 3.56. The molecule has 3 N–H and O–H groups in total. The molecule has 3 rings (SSSR count). The maximum atomic E-state index is 12.9. The first-order valence-corrected chi connectivity index (χ1v) is 9.06. The molecule has 1 amide bonds. The van der Waals surface area contributed by atoms with Gasteiger partial charge in [0, 0.05) is 16.6 Å². The largest absolute Gasteiger partial charge is 0.497 e. The maximum Gasteiger partial charge on any atom is 0.306 e. The van der Waals surface area contributed by atoms with Crippen molar-refractivity contribution in [2.45, 2.75) is 32.2 Å². The molecule has 1 heterocycles. The first kappa shape index (κ1) is 19.5. The predicted molar refractivity (Wildman–Crippen MR) is 107 cm³/mol. The minimum atomic E-state index is -1.06. The number of carboxylic acids is 1. The third kappa shape index (κ3) is 4.01. The number of aromatic nitrogens is 1. The Morgan fingerprint density at radius 2 is 1.93 bits per heavy atom. The number of aryl methyl sites for hydroxylation is 1. The summed E-state index contributed by atoms with van der Waals surface area (Å²) in [4.78, 5) is 27.6. The Kier molecular flexibility index (Phi) is 5.40. The van der Waals surface area contributed by atoms with E-state index in [4.69, 9.17) is 4.74 Å². The molecule has 3 aromatic rings. The first-order valence-electron chi connectivity index (χ1n) is 9.06. The number of fused-ring (bicyclic) bond motifs is 1. The predicted octanol–water partition coefficient (Wildman–Crippen LogP) is 3.53. The number of rotatable bonds is 7. The Bertz CT molecular complexity index is 1020. The van der Waals surface area contributed by atoms with Gasteiger partial charge in [0.1, 0.15) is 5.75 Å². The van der Waals surface area contributed by atoms with Gasteiger partial charge in [0.15, 0.2) is 0 Å². The average molecular weight is 380 g/mol. The van der Waals surface area contributed by atoms with Crippen LogP contribution in [0.3, 0.4) is 0 Å². The molecule has 0 saturated carbocycles. The SMILES string of the molecule is COc1cccc(C(C)(CC(=O)O)NC(=O)Cc2c(C)[nH]c3ccccc23)c1. The van der Waals surface area contributed by atoms with Crippen molar-refractivity contribution >= 4 is 22.8 Å². The number of methoxy groups -OCH3 is 1. The normalized spacial score (nSPS) is 13.1. The highest BCUT2D eigenvalue weighted by Crippen LogP contribution is 2.29. The van der Waals surface area contributed by atoms with Crippen LogP contribution < -0.4 is 10.1 Å². The zero-order chi connectivity index (χ0) is 20.3. The molecule has 0 bridgehead atoms. The highest BCUT2D eigenvalue weighted by molar-refractivity contribution is 5.90. The molecular weight excluding hydrogens is 356 g/mol. The van der Waals surface area contributed by atoms with Gasteiger partial charge in [-0.3, -0.25) is 9.59 Å². The summed E-state index contributed by atoms with van der Waals surface area (Å²) in [6.45, 7) is 3.65. The van der Waals surface area contributed by atoms with Crippen molar-refractivity contribution in [1.29, 1.82) is 0 Å². The summed E-state index contributed by atoms with van der Waals surface area (Å²) in [7, 11) is 1.55. The van der Waals surface area contributed by atoms with Crippen molar-refractivity contribution in [2.75, 3.05) is 7.11 Å². The fraction of sp³-hybridized carbons (Fsp3) is 0.273. The molecule has 6 heteroatoms. The van der Waals surface area contributed by atoms with E-state index in [2.05, 4.69) is 10.3 Å². The Morgan fingerprint density at radius 3 is 2.64 bits per heavy atom. The summed E-state index contributed by atoms with van der Waals surface area (Å²) in [6, 6.07) is 14.9. The van der Waals surface area contributed by atoms with Crippen LogP contribution >= 0.6 is 0 Å². The Hall–Kier alpha value is -3.28. The second kappa shape index (κ2) is 7.76. The Morgan fingerprint density at radius 1 is 1.18 bits per heavy atom. The van der Waals surface area contributed by atoms with Crippen LogP contribution in [0, 0.1) is 6.92 Å². The smallest absolute Gasteiger partial charge is 0.306 e. The fourth-order valence-electron chi connectivity index (χ4n) is 3.56. The number of H-pyrrole nitrogens is 1. The van der Waals surface area contributed by atoms with Crippen LogP contribution in [-0.2, 0) is 21.5 Å². The van der Waals surface area contributed by atoms with Crippen LogP contribution in [-0.4, -0.2) is 29.1 Å². The van der Waals surface area contributed by atoms with Crippen molar-refractivity contribution in [3.63, 3.8) is 0 Å². The molecule has 1 atom stereocenters. The minimum Gasteiger partial charge on any atom is -0.497 e. The molecule has 28 heavy (non-hydrogen) atoms. The van der Waals surface area contributed by atoms with E-state index in [9.17, 15) is 14.7 Å². The molecule has 2 aromatic carbocycles. The molecular formula is C22H24N2O4. The van der Waals surface area contributed by atoms with E-state index in [1.54, 1.807) is 38.3 Å². The molecule has 0 aliphatic rings. The van der Waals surface area contributed by atoms with Crippen LogP contribution in [0.15, 0.2) is 48.5 Å². The molecule has 1 unspecified atom stereocenters. The number of hydrogen-bond donors (Lipinski definition) is 3. The van der Waals surface area contributed by atoms with Gasteiger partial charge < -0.3 is 20.1 Å². The summed E-state index contributed by atoms with van der Waals surface area (Å²) in [6.07, 6.45) is -0.0756. The van der Waals surface area contributed by atoms with Crippen LogP contribution in [0.4, 0.5) is 0 Å². The number of aliphatic carboxylic acids is 1. The van der Waals surface area contributed by atoms with Gasteiger partial charge in [-0.15, -0.1) is 0 Å². The second-order valence-corrected chi connectivity index (χ2v) is 7.13. The molecule has 0 aliphatic carbocycles. The van der Waals surface area contributed by atoms with Crippen LogP contribution in [0.25, 0.3) is 10.9 Å². The number of benzene rings is 2. The average Bonchev–Trinajstić information content (AvgIpc) is 2.96.